The van der Waals surface area contributed by atoms with Crippen molar-refractivity contribution in [2.24, 2.45) is 0 Å². The minimum atomic E-state index is 0.320. The van der Waals surface area contributed by atoms with E-state index in [0.29, 0.717) is 5.92 Å². The highest BCUT2D eigenvalue weighted by molar-refractivity contribution is 6.35. The average Bonchev–Trinajstić information content (AvgIpc) is 3.21. The van der Waals surface area contributed by atoms with Crippen molar-refractivity contribution >= 4 is 30.2 Å². The lowest BCUT2D eigenvalue weighted by atomic mass is 9.77. The maximum absolute atomic E-state index is 6.48. The van der Waals surface area contributed by atoms with Crippen LogP contribution in [0.5, 0.6) is 0 Å². The van der Waals surface area contributed by atoms with Crippen molar-refractivity contribution in [1.29, 1.82) is 0 Å². The smallest absolute Gasteiger partial charge is 0.0892 e. The van der Waals surface area contributed by atoms with Crippen molar-refractivity contribution in [2.75, 3.05) is 0 Å². The summed E-state index contributed by atoms with van der Waals surface area (Å²) in [5.74, 6) is 0.320. The van der Waals surface area contributed by atoms with E-state index in [0.717, 1.165) is 11.9 Å². The Morgan fingerprint density at radius 1 is 0.576 bits per heavy atom. The molecule has 33 heavy (non-hydrogen) atoms. The third-order valence-electron chi connectivity index (χ3n) is 7.32. The summed E-state index contributed by atoms with van der Waals surface area (Å²) in [5, 5.41) is 2.62. The van der Waals surface area contributed by atoms with E-state index in [9.17, 15) is 0 Å². The highest BCUT2D eigenvalue weighted by atomic mass is 14.4. The van der Waals surface area contributed by atoms with Crippen molar-refractivity contribution in [2.45, 2.75) is 12.3 Å². The Morgan fingerprint density at radius 2 is 1.18 bits per heavy atom. The molecule has 1 atom stereocenters. The normalized spacial score (nSPS) is 15.5. The maximum Gasteiger partial charge on any atom is 0.114 e. The molecule has 1 unspecified atom stereocenters. The van der Waals surface area contributed by atoms with Crippen LogP contribution in [0.25, 0.3) is 50.2 Å². The summed E-state index contributed by atoms with van der Waals surface area (Å²) in [6.45, 7) is 0. The largest absolute Gasteiger partial charge is 0.114 e. The topological polar surface area (TPSA) is 0 Å². The Morgan fingerprint density at radius 3 is 1.88 bits per heavy atom. The van der Waals surface area contributed by atoms with Crippen LogP contribution in [0.2, 0.25) is 0 Å². The quantitative estimate of drug-likeness (QED) is 0.262. The van der Waals surface area contributed by atoms with Crippen LogP contribution < -0.4 is 5.46 Å². The summed E-state index contributed by atoms with van der Waals surface area (Å²) in [5.41, 5.74) is 12.9. The molecule has 5 aromatic carbocycles. The predicted octanol–water partition coefficient (Wildman–Crippen LogP) is 7.50. The van der Waals surface area contributed by atoms with Crippen molar-refractivity contribution in [3.63, 3.8) is 0 Å². The summed E-state index contributed by atoms with van der Waals surface area (Å²) >= 11 is 0. The van der Waals surface area contributed by atoms with Crippen LogP contribution in [0.4, 0.5) is 0 Å². The highest BCUT2D eigenvalue weighted by Gasteiger charge is 2.37. The predicted molar refractivity (Wildman–Crippen MR) is 141 cm³/mol. The molecular weight excluding hydrogens is 395 g/mol. The molecule has 152 valence electrons. The van der Waals surface area contributed by atoms with Gasteiger partial charge in [0.2, 0.25) is 0 Å². The lowest BCUT2D eigenvalue weighted by Gasteiger charge is -2.24. The van der Waals surface area contributed by atoms with Gasteiger partial charge in [-0.3, -0.25) is 0 Å². The average molecular weight is 416 g/mol. The fourth-order valence-corrected chi connectivity index (χ4v) is 6.04. The van der Waals surface area contributed by atoms with Crippen LogP contribution in [-0.4, -0.2) is 7.85 Å². The van der Waals surface area contributed by atoms with Gasteiger partial charge in [0, 0.05) is 5.92 Å². The number of fused-ring (bicyclic) bond motifs is 4. The lowest BCUT2D eigenvalue weighted by molar-refractivity contribution is 0.848. The molecule has 0 aromatic heterocycles. The molecule has 0 saturated heterocycles. The molecule has 0 amide bonds. The molecule has 0 nitrogen and oxygen atoms in total. The first-order chi connectivity index (χ1) is 16.3. The molecule has 0 aliphatic heterocycles. The molecule has 0 heterocycles. The molecule has 0 spiro atoms. The second kappa shape index (κ2) is 7.08. The van der Waals surface area contributed by atoms with Gasteiger partial charge in [-0.15, -0.1) is 0 Å². The van der Waals surface area contributed by atoms with E-state index < -0.39 is 0 Å². The minimum Gasteiger partial charge on any atom is -0.0892 e. The van der Waals surface area contributed by atoms with Crippen LogP contribution in [0, 0.1) is 0 Å². The Labute approximate surface area is 195 Å². The summed E-state index contributed by atoms with van der Waals surface area (Å²) < 4.78 is 0. The van der Waals surface area contributed by atoms with Crippen molar-refractivity contribution in [3.05, 3.63) is 120 Å². The zero-order valence-electron chi connectivity index (χ0n) is 18.3. The van der Waals surface area contributed by atoms with Gasteiger partial charge in [0.15, 0.2) is 0 Å². The van der Waals surface area contributed by atoms with E-state index in [4.69, 9.17) is 7.85 Å². The van der Waals surface area contributed by atoms with Crippen LogP contribution in [0.15, 0.2) is 103 Å². The number of hydrogen-bond acceptors (Lipinski definition) is 0. The van der Waals surface area contributed by atoms with Gasteiger partial charge in [0.25, 0.3) is 0 Å². The van der Waals surface area contributed by atoms with Gasteiger partial charge < -0.3 is 0 Å². The first-order valence-electron chi connectivity index (χ1n) is 11.6. The Bertz CT molecular complexity index is 1580. The standard InChI is InChI=1S/C32H21B/c33-27-19-18-26-30-24(27)16-9-17-25(30)31-28(20-10-3-1-4-11-20)22-14-7-8-15-23(22)29(32(26)31)21-12-5-2-6-13-21/h1-16,18-19,25H,17H2. The summed E-state index contributed by atoms with van der Waals surface area (Å²) in [6, 6.07) is 35.0. The lowest BCUT2D eigenvalue weighted by Crippen LogP contribution is -2.14. The van der Waals surface area contributed by atoms with Gasteiger partial charge in [0.1, 0.15) is 7.85 Å². The first-order valence-corrected chi connectivity index (χ1v) is 11.6. The van der Waals surface area contributed by atoms with E-state index in [-0.39, 0.29) is 0 Å². The van der Waals surface area contributed by atoms with E-state index >= 15 is 0 Å². The molecule has 2 aliphatic rings. The van der Waals surface area contributed by atoms with Gasteiger partial charge in [-0.2, -0.15) is 0 Å². The second-order valence-corrected chi connectivity index (χ2v) is 9.04. The van der Waals surface area contributed by atoms with Gasteiger partial charge in [-0.25, -0.2) is 0 Å². The van der Waals surface area contributed by atoms with Crippen molar-refractivity contribution < 1.29 is 0 Å². The first kappa shape index (κ1) is 18.7. The molecular formula is C32H21B. The van der Waals surface area contributed by atoms with E-state index in [2.05, 4.69) is 109 Å². The molecule has 0 bridgehead atoms. The third kappa shape index (κ3) is 2.60. The molecule has 0 saturated carbocycles. The van der Waals surface area contributed by atoms with E-state index in [1.54, 1.807) is 0 Å². The number of rotatable bonds is 2. The van der Waals surface area contributed by atoms with Crippen LogP contribution in [-0.2, 0) is 0 Å². The summed E-state index contributed by atoms with van der Waals surface area (Å²) in [6.07, 6.45) is 5.53. The molecule has 2 radical (unpaired) electrons. The van der Waals surface area contributed by atoms with Crippen molar-refractivity contribution in [1.82, 2.24) is 0 Å². The van der Waals surface area contributed by atoms with E-state index in [1.807, 2.05) is 0 Å². The van der Waals surface area contributed by atoms with Gasteiger partial charge >= 0.3 is 0 Å². The highest BCUT2D eigenvalue weighted by Crippen LogP contribution is 2.58. The van der Waals surface area contributed by atoms with Gasteiger partial charge in [-0.05, 0) is 67.3 Å². The number of hydrogen-bond donors (Lipinski definition) is 0. The summed E-state index contributed by atoms with van der Waals surface area (Å²) in [4.78, 5) is 0. The van der Waals surface area contributed by atoms with Gasteiger partial charge in [0.05, 0.1) is 0 Å². The fourth-order valence-electron chi connectivity index (χ4n) is 6.04. The molecule has 0 N–H and O–H groups in total. The van der Waals surface area contributed by atoms with E-state index in [1.165, 1.54) is 60.8 Å². The molecule has 0 fully saturated rings. The fraction of sp³-hybridized carbons (Fsp3) is 0.0625. The zero-order valence-corrected chi connectivity index (χ0v) is 18.3. The molecule has 5 aromatic rings. The zero-order chi connectivity index (χ0) is 21.9. The van der Waals surface area contributed by atoms with Crippen LogP contribution in [0.3, 0.4) is 0 Å². The van der Waals surface area contributed by atoms with Gasteiger partial charge in [-0.1, -0.05) is 115 Å². The number of benzene rings is 5. The molecule has 1 heteroatoms. The van der Waals surface area contributed by atoms with Crippen molar-refractivity contribution in [3.8, 4) is 33.4 Å². The second-order valence-electron chi connectivity index (χ2n) is 9.04. The van der Waals surface area contributed by atoms with Crippen LogP contribution >= 0.6 is 0 Å². The monoisotopic (exact) mass is 416 g/mol. The summed E-state index contributed by atoms with van der Waals surface area (Å²) in [7, 11) is 6.48. The SMILES string of the molecule is [B]c1ccc2c3c1C=CCC3c1c-2c(-c2ccccc2)c2ccccc2c1-c1ccccc1. The maximum atomic E-state index is 6.48. The third-order valence-corrected chi connectivity index (χ3v) is 7.32. The molecule has 2 aliphatic carbocycles. The van der Waals surface area contributed by atoms with Crippen LogP contribution in [0.1, 0.15) is 29.0 Å². The minimum absolute atomic E-state index is 0.320. The Kier molecular flexibility index (Phi) is 4.02. The number of allylic oxidation sites excluding steroid dienone is 1. The Balaban J connectivity index is 1.73. The Hall–Kier alpha value is -3.84. The molecule has 7 rings (SSSR count).